The molecular weight excluding hydrogens is 492 g/mol. The van der Waals surface area contributed by atoms with Crippen LogP contribution < -0.4 is 9.47 Å². The zero-order valence-electron chi connectivity index (χ0n) is 26.4. The van der Waals surface area contributed by atoms with Crippen molar-refractivity contribution >= 4 is 0 Å². The summed E-state index contributed by atoms with van der Waals surface area (Å²) >= 11 is 0. The van der Waals surface area contributed by atoms with Crippen LogP contribution in [-0.2, 0) is 12.8 Å². The molecule has 2 aromatic rings. The Balaban J connectivity index is 2.29. The lowest BCUT2D eigenvalue weighted by molar-refractivity contribution is 0.221. The lowest BCUT2D eigenvalue weighted by Gasteiger charge is -2.28. The Bertz CT molecular complexity index is 928. The predicted molar refractivity (Wildman–Crippen MR) is 173 cm³/mol. The average molecular weight is 549 g/mol. The van der Waals surface area contributed by atoms with Gasteiger partial charge in [-0.1, -0.05) is 78.0 Å². The highest BCUT2D eigenvalue weighted by Crippen LogP contribution is 2.40. The first-order valence-electron chi connectivity index (χ1n) is 15.7. The summed E-state index contributed by atoms with van der Waals surface area (Å²) in [5.41, 5.74) is 5.22. The van der Waals surface area contributed by atoms with Crippen LogP contribution in [0.25, 0.3) is 0 Å². The van der Waals surface area contributed by atoms with Gasteiger partial charge in [-0.3, -0.25) is 0 Å². The Morgan fingerprint density at radius 3 is 1.30 bits per heavy atom. The molecule has 0 N–H and O–H groups in total. The summed E-state index contributed by atoms with van der Waals surface area (Å²) < 4.78 is 12.5. The van der Waals surface area contributed by atoms with Crippen molar-refractivity contribution in [2.24, 2.45) is 0 Å². The van der Waals surface area contributed by atoms with Crippen LogP contribution in [0.3, 0.4) is 0 Å². The number of likely N-dealkylation sites (N-methyl/N-ethyl adjacent to an activating group) is 2. The van der Waals surface area contributed by atoms with Gasteiger partial charge in [0.1, 0.15) is 24.7 Å². The fourth-order valence-electron chi connectivity index (χ4n) is 5.73. The van der Waals surface area contributed by atoms with E-state index in [1.54, 1.807) is 0 Å². The predicted octanol–water partition coefficient (Wildman–Crippen LogP) is 8.27. The average Bonchev–Trinajstić information content (AvgIpc) is 2.98. The van der Waals surface area contributed by atoms with Gasteiger partial charge in [0.25, 0.3) is 0 Å². The van der Waals surface area contributed by atoms with Crippen LogP contribution in [0.2, 0.25) is 0 Å². The third kappa shape index (κ3) is 9.82. The van der Waals surface area contributed by atoms with Gasteiger partial charge in [0, 0.05) is 13.1 Å². The molecule has 0 bridgehead atoms. The fourth-order valence-corrected chi connectivity index (χ4v) is 5.73. The Morgan fingerprint density at radius 1 is 0.625 bits per heavy atom. The van der Waals surface area contributed by atoms with E-state index in [4.69, 9.17) is 9.47 Å². The smallest absolute Gasteiger partial charge is 0.122 e. The molecule has 0 aliphatic carbocycles. The number of nitrogens with zero attached hydrogens (tertiary/aromatic N) is 2. The monoisotopic (exact) mass is 548 g/mol. The molecule has 4 nitrogen and oxygen atoms in total. The summed E-state index contributed by atoms with van der Waals surface area (Å²) in [4.78, 5) is 4.78. The van der Waals surface area contributed by atoms with Crippen molar-refractivity contribution in [3.63, 3.8) is 0 Å². The minimum Gasteiger partial charge on any atom is -0.492 e. The van der Waals surface area contributed by atoms with Gasteiger partial charge in [-0.25, -0.2) is 0 Å². The molecule has 0 aliphatic heterocycles. The molecular formula is C36H56N2O2. The summed E-state index contributed by atoms with van der Waals surface area (Å²) in [5, 5.41) is 0. The number of benzene rings is 2. The molecule has 2 rings (SSSR count). The van der Waals surface area contributed by atoms with Gasteiger partial charge in [-0.05, 0) is 98.1 Å². The maximum Gasteiger partial charge on any atom is 0.122 e. The highest BCUT2D eigenvalue weighted by Gasteiger charge is 2.24. The Kier molecular flexibility index (Phi) is 15.7. The normalized spacial score (nSPS) is 12.9. The van der Waals surface area contributed by atoms with Gasteiger partial charge in [-0.2, -0.15) is 0 Å². The summed E-state index contributed by atoms with van der Waals surface area (Å²) in [5.74, 6) is 2.81. The maximum atomic E-state index is 6.26. The molecule has 0 saturated carbocycles. The molecule has 222 valence electrons. The van der Waals surface area contributed by atoms with E-state index in [1.165, 1.54) is 22.3 Å². The molecule has 0 fully saturated rings. The summed E-state index contributed by atoms with van der Waals surface area (Å²) in [6, 6.07) is 13.7. The SMILES string of the molecule is C=CCc1cc([C@H](CC)[C@@H](CC)c2ccc(OCCN(CC)CC)c(CC=C)c2)ccc1OCCN(CC)CC. The van der Waals surface area contributed by atoms with Crippen LogP contribution >= 0.6 is 0 Å². The van der Waals surface area contributed by atoms with Gasteiger partial charge in [0.15, 0.2) is 0 Å². The Hall–Kier alpha value is -2.56. The van der Waals surface area contributed by atoms with Crippen molar-refractivity contribution in [3.8, 4) is 11.5 Å². The van der Waals surface area contributed by atoms with E-state index in [9.17, 15) is 0 Å². The van der Waals surface area contributed by atoms with Crippen molar-refractivity contribution in [3.05, 3.63) is 84.0 Å². The largest absolute Gasteiger partial charge is 0.492 e. The third-order valence-corrected chi connectivity index (χ3v) is 8.24. The number of allylic oxidation sites excluding steroid dienone is 2. The van der Waals surface area contributed by atoms with Crippen LogP contribution in [0.5, 0.6) is 11.5 Å². The molecule has 0 spiro atoms. The quantitative estimate of drug-likeness (QED) is 0.147. The van der Waals surface area contributed by atoms with E-state index in [2.05, 4.69) is 101 Å². The molecule has 0 aromatic heterocycles. The van der Waals surface area contributed by atoms with Crippen LogP contribution in [0.1, 0.15) is 88.5 Å². The number of rotatable bonds is 21. The second-order valence-electron chi connectivity index (χ2n) is 10.5. The zero-order chi connectivity index (χ0) is 29.3. The maximum absolute atomic E-state index is 6.26. The summed E-state index contributed by atoms with van der Waals surface area (Å²) in [7, 11) is 0. The van der Waals surface area contributed by atoms with E-state index < -0.39 is 0 Å². The van der Waals surface area contributed by atoms with Crippen LogP contribution in [0.15, 0.2) is 61.7 Å². The van der Waals surface area contributed by atoms with Crippen LogP contribution in [0.4, 0.5) is 0 Å². The molecule has 0 unspecified atom stereocenters. The zero-order valence-corrected chi connectivity index (χ0v) is 26.4. The van der Waals surface area contributed by atoms with Crippen molar-refractivity contribution < 1.29 is 9.47 Å². The van der Waals surface area contributed by atoms with Gasteiger partial charge in [0.2, 0.25) is 0 Å². The molecule has 0 radical (unpaired) electrons. The lowest BCUT2D eigenvalue weighted by Crippen LogP contribution is -2.28. The van der Waals surface area contributed by atoms with Crippen molar-refractivity contribution in [1.82, 2.24) is 9.80 Å². The summed E-state index contributed by atoms with van der Waals surface area (Å²) in [6.07, 6.45) is 7.74. The molecule has 40 heavy (non-hydrogen) atoms. The van der Waals surface area contributed by atoms with Crippen molar-refractivity contribution in [2.75, 3.05) is 52.5 Å². The van der Waals surface area contributed by atoms with E-state index >= 15 is 0 Å². The second-order valence-corrected chi connectivity index (χ2v) is 10.5. The minimum atomic E-state index is 0.421. The minimum absolute atomic E-state index is 0.421. The Morgan fingerprint density at radius 2 is 1.00 bits per heavy atom. The topological polar surface area (TPSA) is 24.9 Å². The molecule has 2 aromatic carbocycles. The molecule has 0 amide bonds. The fraction of sp³-hybridized carbons (Fsp3) is 0.556. The molecule has 2 atom stereocenters. The first kappa shape index (κ1) is 33.6. The first-order valence-corrected chi connectivity index (χ1v) is 15.7. The highest BCUT2D eigenvalue weighted by atomic mass is 16.5. The van der Waals surface area contributed by atoms with Crippen molar-refractivity contribution in [1.29, 1.82) is 0 Å². The van der Waals surface area contributed by atoms with E-state index in [0.29, 0.717) is 25.0 Å². The van der Waals surface area contributed by atoms with E-state index in [0.717, 1.165) is 76.5 Å². The highest BCUT2D eigenvalue weighted by molar-refractivity contribution is 5.43. The number of hydrogen-bond acceptors (Lipinski definition) is 4. The number of ether oxygens (including phenoxy) is 2. The van der Waals surface area contributed by atoms with Gasteiger partial charge >= 0.3 is 0 Å². The van der Waals surface area contributed by atoms with Gasteiger partial charge in [-0.15, -0.1) is 13.2 Å². The molecule has 0 heterocycles. The second kappa shape index (κ2) is 18.7. The molecule has 4 heteroatoms. The Labute approximate surface area is 246 Å². The standard InChI is InChI=1S/C36H56N2O2/c1-9-17-31-27-29(19-21-35(31)39-25-23-37(13-5)14-6)33(11-3)34(12-4)30-20-22-36(32(28-30)18-10-2)40-26-24-38(15-7)16-8/h9-10,19-22,27-28,33-34H,1-2,11-18,23-26H2,3-8H3/t33-,34-/m0/s1. The van der Waals surface area contributed by atoms with E-state index in [1.807, 2.05) is 12.2 Å². The molecule has 0 aliphatic rings. The van der Waals surface area contributed by atoms with Crippen molar-refractivity contribution in [2.45, 2.75) is 79.1 Å². The lowest BCUT2D eigenvalue weighted by atomic mass is 9.77. The molecule has 0 saturated heterocycles. The van der Waals surface area contributed by atoms with E-state index in [-0.39, 0.29) is 0 Å². The van der Waals surface area contributed by atoms with Crippen LogP contribution in [-0.4, -0.2) is 62.3 Å². The van der Waals surface area contributed by atoms with Gasteiger partial charge < -0.3 is 19.3 Å². The van der Waals surface area contributed by atoms with Gasteiger partial charge in [0.05, 0.1) is 0 Å². The number of hydrogen-bond donors (Lipinski definition) is 0. The summed E-state index contributed by atoms with van der Waals surface area (Å²) in [6.45, 7) is 28.9. The van der Waals surface area contributed by atoms with Crippen LogP contribution in [0, 0.1) is 0 Å². The first-order chi connectivity index (χ1) is 19.5. The third-order valence-electron chi connectivity index (χ3n) is 8.24.